The molecule has 8 nitrogen and oxygen atoms in total. The molecule has 0 saturated carbocycles. The van der Waals surface area contributed by atoms with Crippen molar-refractivity contribution >= 4 is 29.4 Å². The Morgan fingerprint density at radius 3 is 2.03 bits per heavy atom. The van der Waals surface area contributed by atoms with Crippen LogP contribution in [0.4, 0.5) is 11.4 Å². The standard InChI is InChI=1S/C22H18N4O4/c1-15-2-6-17(7-3-15)21(27)24-19-10-8-18(9-11-19)22(28)25-23-14-16-4-12-20(13-5-16)26(29)30/h2-14H,1H3,(H,24,27)(H,25,28)/b23-14-. The molecule has 0 saturated heterocycles. The van der Waals surface area contributed by atoms with Crippen LogP contribution in [0.1, 0.15) is 31.8 Å². The van der Waals surface area contributed by atoms with Crippen LogP contribution in [0.25, 0.3) is 0 Å². The zero-order chi connectivity index (χ0) is 21.5. The first-order valence-corrected chi connectivity index (χ1v) is 8.98. The number of hydrazone groups is 1. The fourth-order valence-corrected chi connectivity index (χ4v) is 2.53. The minimum Gasteiger partial charge on any atom is -0.322 e. The predicted molar refractivity (Wildman–Crippen MR) is 114 cm³/mol. The molecule has 0 atom stereocenters. The Morgan fingerprint density at radius 1 is 0.867 bits per heavy atom. The SMILES string of the molecule is Cc1ccc(C(=O)Nc2ccc(C(=O)N/N=C\c3ccc([N+](=O)[O-])cc3)cc2)cc1. The van der Waals surface area contributed by atoms with E-state index in [-0.39, 0.29) is 11.6 Å². The number of anilines is 1. The van der Waals surface area contributed by atoms with Gasteiger partial charge in [0.2, 0.25) is 0 Å². The lowest BCUT2D eigenvalue weighted by molar-refractivity contribution is -0.384. The van der Waals surface area contributed by atoms with Crippen LogP contribution in [0.3, 0.4) is 0 Å². The van der Waals surface area contributed by atoms with Gasteiger partial charge in [0.15, 0.2) is 0 Å². The number of nitro groups is 1. The van der Waals surface area contributed by atoms with Gasteiger partial charge in [-0.3, -0.25) is 19.7 Å². The van der Waals surface area contributed by atoms with Gasteiger partial charge < -0.3 is 5.32 Å². The van der Waals surface area contributed by atoms with E-state index in [0.717, 1.165) is 5.56 Å². The second-order valence-corrected chi connectivity index (χ2v) is 6.45. The molecule has 2 amide bonds. The third kappa shape index (κ3) is 5.35. The molecule has 30 heavy (non-hydrogen) atoms. The maximum atomic E-state index is 12.2. The van der Waals surface area contributed by atoms with Gasteiger partial charge in [0, 0.05) is 28.9 Å². The molecule has 3 aromatic rings. The largest absolute Gasteiger partial charge is 0.322 e. The van der Waals surface area contributed by atoms with Crippen LogP contribution in [0.15, 0.2) is 77.9 Å². The molecule has 8 heteroatoms. The highest BCUT2D eigenvalue weighted by atomic mass is 16.6. The molecule has 2 N–H and O–H groups in total. The molecule has 150 valence electrons. The van der Waals surface area contributed by atoms with E-state index in [4.69, 9.17) is 0 Å². The second kappa shape index (κ2) is 9.24. The number of rotatable bonds is 6. The van der Waals surface area contributed by atoms with Crippen molar-refractivity contribution < 1.29 is 14.5 Å². The predicted octanol–water partition coefficient (Wildman–Crippen LogP) is 3.92. The molecule has 0 spiro atoms. The highest BCUT2D eigenvalue weighted by Crippen LogP contribution is 2.13. The molecule has 0 heterocycles. The van der Waals surface area contributed by atoms with Gasteiger partial charge in [-0.2, -0.15) is 5.10 Å². The number of hydrogen-bond acceptors (Lipinski definition) is 5. The number of nitro benzene ring substituents is 1. The summed E-state index contributed by atoms with van der Waals surface area (Å²) in [6, 6.07) is 19.4. The van der Waals surface area contributed by atoms with Gasteiger partial charge in [-0.1, -0.05) is 17.7 Å². The molecule has 0 fully saturated rings. The fourth-order valence-electron chi connectivity index (χ4n) is 2.53. The average Bonchev–Trinajstić information content (AvgIpc) is 2.75. The van der Waals surface area contributed by atoms with Crippen LogP contribution in [-0.2, 0) is 0 Å². The number of benzene rings is 3. The number of nitrogens with zero attached hydrogens (tertiary/aromatic N) is 2. The van der Waals surface area contributed by atoms with E-state index in [9.17, 15) is 19.7 Å². The minimum absolute atomic E-state index is 0.0225. The van der Waals surface area contributed by atoms with E-state index in [0.29, 0.717) is 22.4 Å². The maximum Gasteiger partial charge on any atom is 0.271 e. The van der Waals surface area contributed by atoms with E-state index in [2.05, 4.69) is 15.8 Å². The number of carbonyl (C=O) groups excluding carboxylic acids is 2. The third-order valence-electron chi connectivity index (χ3n) is 4.20. The Morgan fingerprint density at radius 2 is 1.43 bits per heavy atom. The van der Waals surface area contributed by atoms with E-state index >= 15 is 0 Å². The summed E-state index contributed by atoms with van der Waals surface area (Å²) in [4.78, 5) is 34.5. The lowest BCUT2D eigenvalue weighted by Gasteiger charge is -2.06. The molecule has 0 aromatic heterocycles. The van der Waals surface area contributed by atoms with Gasteiger partial charge in [0.05, 0.1) is 11.1 Å². The van der Waals surface area contributed by atoms with Gasteiger partial charge in [0.1, 0.15) is 0 Å². The van der Waals surface area contributed by atoms with Gasteiger partial charge in [-0.25, -0.2) is 5.43 Å². The minimum atomic E-state index is -0.491. The van der Waals surface area contributed by atoms with Crippen LogP contribution in [0, 0.1) is 17.0 Å². The number of nitrogens with one attached hydrogen (secondary N) is 2. The van der Waals surface area contributed by atoms with Gasteiger partial charge in [0.25, 0.3) is 17.5 Å². The molecule has 0 bridgehead atoms. The van der Waals surface area contributed by atoms with Crippen LogP contribution in [-0.4, -0.2) is 23.0 Å². The summed E-state index contributed by atoms with van der Waals surface area (Å²) >= 11 is 0. The van der Waals surface area contributed by atoms with Crippen LogP contribution in [0.2, 0.25) is 0 Å². The number of amides is 2. The fraction of sp³-hybridized carbons (Fsp3) is 0.0455. The molecule has 0 aliphatic heterocycles. The molecular formula is C22H18N4O4. The Balaban J connectivity index is 1.56. The number of non-ortho nitro benzene ring substituents is 1. The van der Waals surface area contributed by atoms with Crippen molar-refractivity contribution in [2.75, 3.05) is 5.32 Å². The Labute approximate surface area is 172 Å². The van der Waals surface area contributed by atoms with Crippen molar-refractivity contribution in [3.05, 3.63) is 105 Å². The van der Waals surface area contributed by atoms with Gasteiger partial charge in [-0.05, 0) is 61.0 Å². The Bertz CT molecular complexity index is 1090. The summed E-state index contributed by atoms with van der Waals surface area (Å²) in [5.74, 6) is -0.663. The summed E-state index contributed by atoms with van der Waals surface area (Å²) in [7, 11) is 0. The van der Waals surface area contributed by atoms with Crippen molar-refractivity contribution in [1.29, 1.82) is 0 Å². The first kappa shape index (κ1) is 20.4. The van der Waals surface area contributed by atoms with E-state index in [1.807, 2.05) is 19.1 Å². The normalized spacial score (nSPS) is 10.6. The van der Waals surface area contributed by atoms with Gasteiger partial charge >= 0.3 is 0 Å². The Kier molecular flexibility index (Phi) is 6.29. The monoisotopic (exact) mass is 402 g/mol. The van der Waals surface area contributed by atoms with Crippen molar-refractivity contribution in [3.63, 3.8) is 0 Å². The molecule has 0 unspecified atom stereocenters. The van der Waals surface area contributed by atoms with Crippen molar-refractivity contribution in [1.82, 2.24) is 5.43 Å². The average molecular weight is 402 g/mol. The molecule has 3 aromatic carbocycles. The second-order valence-electron chi connectivity index (χ2n) is 6.45. The zero-order valence-corrected chi connectivity index (χ0v) is 16.0. The van der Waals surface area contributed by atoms with Crippen LogP contribution < -0.4 is 10.7 Å². The van der Waals surface area contributed by atoms with Gasteiger partial charge in [-0.15, -0.1) is 0 Å². The summed E-state index contributed by atoms with van der Waals surface area (Å²) in [6.45, 7) is 1.95. The Hall–Kier alpha value is -4.33. The molecular weight excluding hydrogens is 384 g/mol. The highest BCUT2D eigenvalue weighted by Gasteiger charge is 2.08. The topological polar surface area (TPSA) is 114 Å². The third-order valence-corrected chi connectivity index (χ3v) is 4.20. The zero-order valence-electron chi connectivity index (χ0n) is 16.0. The quantitative estimate of drug-likeness (QED) is 0.369. The van der Waals surface area contributed by atoms with E-state index < -0.39 is 10.8 Å². The number of carbonyl (C=O) groups is 2. The first-order valence-electron chi connectivity index (χ1n) is 8.98. The summed E-state index contributed by atoms with van der Waals surface area (Å²) in [5.41, 5.74) is 5.51. The number of aryl methyl sites for hydroxylation is 1. The summed E-state index contributed by atoms with van der Waals surface area (Å²) < 4.78 is 0. The molecule has 0 aliphatic carbocycles. The van der Waals surface area contributed by atoms with Crippen LogP contribution >= 0.6 is 0 Å². The molecule has 0 radical (unpaired) electrons. The van der Waals surface area contributed by atoms with Crippen molar-refractivity contribution in [2.24, 2.45) is 5.10 Å². The van der Waals surface area contributed by atoms with Crippen molar-refractivity contribution in [3.8, 4) is 0 Å². The lowest BCUT2D eigenvalue weighted by Crippen LogP contribution is -2.17. The molecule has 3 rings (SSSR count). The maximum absolute atomic E-state index is 12.2. The first-order chi connectivity index (χ1) is 14.4. The van der Waals surface area contributed by atoms with Crippen molar-refractivity contribution in [2.45, 2.75) is 6.92 Å². The van der Waals surface area contributed by atoms with Crippen LogP contribution in [0.5, 0.6) is 0 Å². The van der Waals surface area contributed by atoms with E-state index in [1.54, 1.807) is 36.4 Å². The summed E-state index contributed by atoms with van der Waals surface area (Å²) in [5, 5.41) is 17.3. The molecule has 0 aliphatic rings. The number of hydrogen-bond donors (Lipinski definition) is 2. The van der Waals surface area contributed by atoms with E-state index in [1.165, 1.54) is 30.5 Å². The summed E-state index contributed by atoms with van der Waals surface area (Å²) in [6.07, 6.45) is 1.39. The lowest BCUT2D eigenvalue weighted by atomic mass is 10.1. The highest BCUT2D eigenvalue weighted by molar-refractivity contribution is 6.04. The smallest absolute Gasteiger partial charge is 0.271 e.